The lowest BCUT2D eigenvalue weighted by molar-refractivity contribution is 0.0179. The van der Waals surface area contributed by atoms with Crippen LogP contribution in [0.1, 0.15) is 23.2 Å². The average Bonchev–Trinajstić information content (AvgIpc) is 2.91. The van der Waals surface area contributed by atoms with Gasteiger partial charge in [-0.2, -0.15) is 0 Å². The van der Waals surface area contributed by atoms with Crippen molar-refractivity contribution in [3.8, 4) is 0 Å². The van der Waals surface area contributed by atoms with Crippen molar-refractivity contribution in [2.45, 2.75) is 18.9 Å². The topological polar surface area (TPSA) is 73.7 Å². The molecule has 1 saturated heterocycles. The van der Waals surface area contributed by atoms with E-state index >= 15 is 0 Å². The predicted molar refractivity (Wildman–Crippen MR) is 63.8 cm³/mol. The van der Waals surface area contributed by atoms with Crippen molar-refractivity contribution in [1.29, 1.82) is 0 Å². The number of aromatic nitrogens is 1. The molecule has 0 spiro atoms. The molecule has 1 atom stereocenters. The summed E-state index contributed by atoms with van der Waals surface area (Å²) in [5.41, 5.74) is 0.635. The van der Waals surface area contributed by atoms with E-state index in [-0.39, 0.29) is 18.4 Å². The summed E-state index contributed by atoms with van der Waals surface area (Å²) >= 11 is 1.27. The maximum atomic E-state index is 12.0. The predicted octanol–water partition coefficient (Wildman–Crippen LogP) is 0.349. The molecule has 2 N–H and O–H groups in total. The van der Waals surface area contributed by atoms with E-state index in [1.54, 1.807) is 16.5 Å². The first kappa shape index (κ1) is 12.5. The van der Waals surface area contributed by atoms with Crippen LogP contribution in [0.25, 0.3) is 0 Å². The lowest BCUT2D eigenvalue weighted by Crippen LogP contribution is -2.41. The summed E-state index contributed by atoms with van der Waals surface area (Å²) in [5.74, 6) is 0.111. The van der Waals surface area contributed by atoms with Crippen molar-refractivity contribution in [2.75, 3.05) is 19.7 Å². The molecule has 0 radical (unpaired) electrons. The van der Waals surface area contributed by atoms with Crippen LogP contribution in [0.5, 0.6) is 0 Å². The Balaban J connectivity index is 1.89. The van der Waals surface area contributed by atoms with Crippen LogP contribution >= 0.6 is 11.5 Å². The summed E-state index contributed by atoms with van der Waals surface area (Å²) in [5, 5.41) is 20.2. The van der Waals surface area contributed by atoms with E-state index in [0.717, 1.165) is 12.8 Å². The Morgan fingerprint density at radius 1 is 1.59 bits per heavy atom. The quantitative estimate of drug-likeness (QED) is 0.818. The second kappa shape index (κ2) is 5.57. The summed E-state index contributed by atoms with van der Waals surface area (Å²) in [6.07, 6.45) is 2.41. The Kier molecular flexibility index (Phi) is 4.09. The van der Waals surface area contributed by atoms with Gasteiger partial charge in [-0.25, -0.2) is 4.37 Å². The van der Waals surface area contributed by atoms with Crippen LogP contribution in [0.15, 0.2) is 11.6 Å². The standard InChI is InChI=1S/C11H16N2O3S/c14-6-10(15)8-1-3-13(4-2-8)11(16)9-5-12-17-7-9/h5,7-8,10,14-15H,1-4,6H2. The zero-order chi connectivity index (χ0) is 12.3. The molecule has 1 aromatic heterocycles. The third-order valence-electron chi connectivity index (χ3n) is 3.24. The van der Waals surface area contributed by atoms with Gasteiger partial charge in [0.15, 0.2) is 0 Å². The number of rotatable bonds is 3. The van der Waals surface area contributed by atoms with Crippen molar-refractivity contribution < 1.29 is 15.0 Å². The molecule has 0 bridgehead atoms. The molecule has 6 heteroatoms. The molecule has 1 aliphatic rings. The van der Waals surface area contributed by atoms with Crippen LogP contribution in [0, 0.1) is 5.92 Å². The smallest absolute Gasteiger partial charge is 0.256 e. The largest absolute Gasteiger partial charge is 0.394 e. The van der Waals surface area contributed by atoms with Gasteiger partial charge in [-0.3, -0.25) is 4.79 Å². The molecule has 2 rings (SSSR count). The highest BCUT2D eigenvalue weighted by Gasteiger charge is 2.27. The molecule has 1 amide bonds. The fourth-order valence-corrected chi connectivity index (χ4v) is 2.64. The summed E-state index contributed by atoms with van der Waals surface area (Å²) in [6.45, 7) is 1.07. The summed E-state index contributed by atoms with van der Waals surface area (Å²) in [7, 11) is 0. The number of hydrogen-bond donors (Lipinski definition) is 2. The van der Waals surface area contributed by atoms with Crippen LogP contribution in [0.3, 0.4) is 0 Å². The number of likely N-dealkylation sites (tertiary alicyclic amines) is 1. The molecule has 1 fully saturated rings. The third-order valence-corrected chi connectivity index (χ3v) is 3.82. The van der Waals surface area contributed by atoms with Gasteiger partial charge < -0.3 is 15.1 Å². The van der Waals surface area contributed by atoms with E-state index in [4.69, 9.17) is 5.11 Å². The number of carbonyl (C=O) groups excluding carboxylic acids is 1. The molecule has 0 aromatic carbocycles. The molecule has 2 heterocycles. The summed E-state index contributed by atoms with van der Waals surface area (Å²) < 4.78 is 3.92. The molecular weight excluding hydrogens is 240 g/mol. The fourth-order valence-electron chi connectivity index (χ4n) is 2.13. The van der Waals surface area contributed by atoms with Crippen molar-refractivity contribution >= 4 is 17.4 Å². The van der Waals surface area contributed by atoms with Gasteiger partial charge in [-0.15, -0.1) is 0 Å². The van der Waals surface area contributed by atoms with Crippen molar-refractivity contribution in [2.24, 2.45) is 5.92 Å². The van der Waals surface area contributed by atoms with Crippen LogP contribution < -0.4 is 0 Å². The highest BCUT2D eigenvalue weighted by Crippen LogP contribution is 2.22. The van der Waals surface area contributed by atoms with Gasteiger partial charge >= 0.3 is 0 Å². The number of aliphatic hydroxyl groups is 2. The maximum absolute atomic E-state index is 12.0. The first-order chi connectivity index (χ1) is 8.22. The monoisotopic (exact) mass is 256 g/mol. The Morgan fingerprint density at radius 3 is 2.82 bits per heavy atom. The molecule has 0 aliphatic carbocycles. The minimum Gasteiger partial charge on any atom is -0.394 e. The number of aliphatic hydroxyl groups excluding tert-OH is 2. The van der Waals surface area contributed by atoms with Gasteiger partial charge in [0.2, 0.25) is 0 Å². The fraction of sp³-hybridized carbons (Fsp3) is 0.636. The number of nitrogens with zero attached hydrogens (tertiary/aromatic N) is 2. The third kappa shape index (κ3) is 2.83. The number of piperidine rings is 1. The lowest BCUT2D eigenvalue weighted by Gasteiger charge is -2.33. The van der Waals surface area contributed by atoms with E-state index in [1.807, 2.05) is 0 Å². The first-order valence-corrected chi connectivity index (χ1v) is 6.53. The van der Waals surface area contributed by atoms with E-state index < -0.39 is 6.10 Å². The molecule has 94 valence electrons. The van der Waals surface area contributed by atoms with Crippen molar-refractivity contribution in [1.82, 2.24) is 9.27 Å². The van der Waals surface area contributed by atoms with Crippen LogP contribution in [0.2, 0.25) is 0 Å². The molecule has 0 saturated carbocycles. The Labute approximate surface area is 104 Å². The summed E-state index contributed by atoms with van der Waals surface area (Å²) in [4.78, 5) is 13.8. The van der Waals surface area contributed by atoms with E-state index in [2.05, 4.69) is 4.37 Å². The molecule has 17 heavy (non-hydrogen) atoms. The second-order valence-corrected chi connectivity index (χ2v) is 4.95. The zero-order valence-corrected chi connectivity index (χ0v) is 10.3. The minimum atomic E-state index is -0.657. The highest BCUT2D eigenvalue weighted by atomic mass is 32.1. The molecule has 1 unspecified atom stereocenters. The Morgan fingerprint density at radius 2 is 2.29 bits per heavy atom. The van der Waals surface area contributed by atoms with E-state index in [9.17, 15) is 9.90 Å². The van der Waals surface area contributed by atoms with E-state index in [0.29, 0.717) is 18.7 Å². The van der Waals surface area contributed by atoms with E-state index in [1.165, 1.54) is 11.5 Å². The molecule has 5 nitrogen and oxygen atoms in total. The lowest BCUT2D eigenvalue weighted by atomic mass is 9.91. The van der Waals surface area contributed by atoms with Gasteiger partial charge in [0.25, 0.3) is 5.91 Å². The molecular formula is C11H16N2O3S. The minimum absolute atomic E-state index is 0.00990. The van der Waals surface area contributed by atoms with Crippen LogP contribution in [-0.2, 0) is 0 Å². The highest BCUT2D eigenvalue weighted by molar-refractivity contribution is 7.03. The second-order valence-electron chi connectivity index (χ2n) is 4.29. The molecule has 1 aliphatic heterocycles. The van der Waals surface area contributed by atoms with Crippen LogP contribution in [-0.4, -0.2) is 51.2 Å². The van der Waals surface area contributed by atoms with Crippen molar-refractivity contribution in [3.63, 3.8) is 0 Å². The normalized spacial score (nSPS) is 19.3. The molecule has 1 aromatic rings. The van der Waals surface area contributed by atoms with Gasteiger partial charge in [0.05, 0.1) is 24.5 Å². The van der Waals surface area contributed by atoms with Gasteiger partial charge in [-0.05, 0) is 30.3 Å². The number of amides is 1. The van der Waals surface area contributed by atoms with Gasteiger partial charge in [0, 0.05) is 18.5 Å². The Hall–Kier alpha value is -0.980. The average molecular weight is 256 g/mol. The maximum Gasteiger partial charge on any atom is 0.256 e. The Bertz CT molecular complexity index is 361. The van der Waals surface area contributed by atoms with Crippen LogP contribution in [0.4, 0.5) is 0 Å². The first-order valence-electron chi connectivity index (χ1n) is 5.70. The zero-order valence-electron chi connectivity index (χ0n) is 9.45. The number of carbonyl (C=O) groups is 1. The van der Waals surface area contributed by atoms with Gasteiger partial charge in [0.1, 0.15) is 0 Å². The van der Waals surface area contributed by atoms with Gasteiger partial charge in [-0.1, -0.05) is 0 Å². The van der Waals surface area contributed by atoms with Crippen molar-refractivity contribution in [3.05, 3.63) is 17.1 Å². The SMILES string of the molecule is O=C(c1cnsc1)N1CCC(C(O)CO)CC1. The number of hydrogen-bond acceptors (Lipinski definition) is 5. The summed E-state index contributed by atoms with van der Waals surface area (Å²) in [6, 6.07) is 0.